The smallest absolute Gasteiger partial charge is 0.322 e. The molecule has 1 aromatic heterocycles. The Morgan fingerprint density at radius 2 is 1.59 bits per heavy atom. The van der Waals surface area contributed by atoms with Crippen LogP contribution in [0.15, 0.2) is 60.7 Å². The molecule has 0 radical (unpaired) electrons. The summed E-state index contributed by atoms with van der Waals surface area (Å²) >= 11 is 0. The number of hydrogen-bond acceptors (Lipinski definition) is 4. The van der Waals surface area contributed by atoms with Crippen LogP contribution in [0, 0.1) is 11.6 Å². The van der Waals surface area contributed by atoms with Crippen LogP contribution in [0.4, 0.5) is 25.1 Å². The highest BCUT2D eigenvalue weighted by Gasteiger charge is 2.22. The average molecular weight is 395 g/mol. The van der Waals surface area contributed by atoms with Crippen molar-refractivity contribution in [1.29, 1.82) is 0 Å². The van der Waals surface area contributed by atoms with Crippen molar-refractivity contribution in [2.24, 2.45) is 0 Å². The highest BCUT2D eigenvalue weighted by Crippen LogP contribution is 2.20. The lowest BCUT2D eigenvalue weighted by Gasteiger charge is -2.35. The Morgan fingerprint density at radius 1 is 0.862 bits per heavy atom. The molecule has 148 valence electrons. The minimum Gasteiger partial charge on any atom is -0.352 e. The maximum Gasteiger partial charge on any atom is 0.322 e. The topological polar surface area (TPSA) is 61.4 Å². The van der Waals surface area contributed by atoms with E-state index in [1.54, 1.807) is 29.2 Å². The van der Waals surface area contributed by atoms with Crippen molar-refractivity contribution in [3.8, 4) is 11.3 Å². The molecular weight excluding hydrogens is 376 g/mol. The Kier molecular flexibility index (Phi) is 5.33. The number of amides is 2. The minimum absolute atomic E-state index is 0.169. The Labute approximate surface area is 166 Å². The Hall–Kier alpha value is -3.55. The maximum absolute atomic E-state index is 13.7. The molecule has 1 aliphatic rings. The van der Waals surface area contributed by atoms with E-state index in [1.807, 2.05) is 17.0 Å². The molecule has 2 aromatic carbocycles. The van der Waals surface area contributed by atoms with E-state index >= 15 is 0 Å². The fraction of sp³-hybridized carbons (Fsp3) is 0.190. The highest BCUT2D eigenvalue weighted by molar-refractivity contribution is 5.89. The first-order chi connectivity index (χ1) is 14.1. The van der Waals surface area contributed by atoms with Gasteiger partial charge in [-0.2, -0.15) is 0 Å². The molecule has 1 N–H and O–H groups in total. The van der Waals surface area contributed by atoms with Crippen LogP contribution in [0.3, 0.4) is 0 Å². The van der Waals surface area contributed by atoms with Crippen LogP contribution in [0.5, 0.6) is 0 Å². The summed E-state index contributed by atoms with van der Waals surface area (Å²) in [5.74, 6) is -0.0451. The third-order valence-electron chi connectivity index (χ3n) is 4.80. The Morgan fingerprint density at radius 3 is 2.24 bits per heavy atom. The number of benzene rings is 2. The van der Waals surface area contributed by atoms with Gasteiger partial charge in [-0.05, 0) is 48.5 Å². The molecule has 1 aliphatic heterocycles. The predicted molar refractivity (Wildman–Crippen MR) is 107 cm³/mol. The normalized spacial score (nSPS) is 14.0. The standard InChI is InChI=1S/C21H19F2N5O/c22-16-7-5-15(6-8-16)18-9-10-20(26-25-18)27-11-13-28(14-12-27)21(29)24-19-4-2-1-3-17(19)23/h1-10H,11-14H2,(H,24,29). The van der Waals surface area contributed by atoms with Crippen molar-refractivity contribution < 1.29 is 13.6 Å². The van der Waals surface area contributed by atoms with Gasteiger partial charge in [0.1, 0.15) is 11.6 Å². The van der Waals surface area contributed by atoms with Crippen molar-refractivity contribution in [3.05, 3.63) is 72.3 Å². The van der Waals surface area contributed by atoms with Crippen molar-refractivity contribution in [1.82, 2.24) is 15.1 Å². The number of piperazine rings is 1. The fourth-order valence-electron chi connectivity index (χ4n) is 3.16. The number of para-hydroxylation sites is 1. The predicted octanol–water partition coefficient (Wildman–Crippen LogP) is 3.78. The van der Waals surface area contributed by atoms with Gasteiger partial charge in [0.2, 0.25) is 0 Å². The number of aromatic nitrogens is 2. The van der Waals surface area contributed by atoms with Crippen molar-refractivity contribution in [2.45, 2.75) is 0 Å². The molecule has 1 fully saturated rings. The van der Waals surface area contributed by atoms with Crippen molar-refractivity contribution >= 4 is 17.5 Å². The van der Waals surface area contributed by atoms with Gasteiger partial charge in [0.25, 0.3) is 0 Å². The molecule has 6 nitrogen and oxygen atoms in total. The molecular formula is C21H19F2N5O. The van der Waals surface area contributed by atoms with E-state index in [0.717, 1.165) is 5.56 Å². The summed E-state index contributed by atoms with van der Waals surface area (Å²) in [7, 11) is 0. The van der Waals surface area contributed by atoms with Gasteiger partial charge in [0, 0.05) is 31.7 Å². The number of nitrogens with one attached hydrogen (secondary N) is 1. The number of urea groups is 1. The highest BCUT2D eigenvalue weighted by atomic mass is 19.1. The molecule has 29 heavy (non-hydrogen) atoms. The molecule has 4 rings (SSSR count). The van der Waals surface area contributed by atoms with Crippen LogP contribution in [-0.4, -0.2) is 47.3 Å². The number of hydrogen-bond donors (Lipinski definition) is 1. The first-order valence-electron chi connectivity index (χ1n) is 9.25. The van der Waals surface area contributed by atoms with Gasteiger partial charge >= 0.3 is 6.03 Å². The van der Waals surface area contributed by atoms with E-state index in [2.05, 4.69) is 15.5 Å². The summed E-state index contributed by atoms with van der Waals surface area (Å²) in [6, 6.07) is 15.5. The van der Waals surface area contributed by atoms with E-state index < -0.39 is 5.82 Å². The molecule has 0 atom stereocenters. The molecule has 2 heterocycles. The van der Waals surface area contributed by atoms with Crippen molar-refractivity contribution in [3.63, 3.8) is 0 Å². The number of rotatable bonds is 3. The molecule has 2 amide bonds. The molecule has 1 saturated heterocycles. The average Bonchev–Trinajstić information content (AvgIpc) is 2.76. The summed E-state index contributed by atoms with van der Waals surface area (Å²) in [5, 5.41) is 11.1. The van der Waals surface area contributed by atoms with Gasteiger partial charge in [-0.15, -0.1) is 10.2 Å². The van der Waals surface area contributed by atoms with E-state index in [0.29, 0.717) is 37.7 Å². The summed E-state index contributed by atoms with van der Waals surface area (Å²) in [5.41, 5.74) is 1.62. The third-order valence-corrected chi connectivity index (χ3v) is 4.80. The lowest BCUT2D eigenvalue weighted by Crippen LogP contribution is -2.50. The van der Waals surface area contributed by atoms with Crippen LogP contribution in [0.1, 0.15) is 0 Å². The molecule has 0 saturated carbocycles. The third kappa shape index (κ3) is 4.31. The second kappa shape index (κ2) is 8.22. The van der Waals surface area contributed by atoms with Gasteiger partial charge in [-0.25, -0.2) is 13.6 Å². The molecule has 0 aliphatic carbocycles. The fourth-order valence-corrected chi connectivity index (χ4v) is 3.16. The van der Waals surface area contributed by atoms with Crippen LogP contribution in [-0.2, 0) is 0 Å². The summed E-state index contributed by atoms with van der Waals surface area (Å²) in [4.78, 5) is 16.0. The Bertz CT molecular complexity index is 987. The maximum atomic E-state index is 13.7. The van der Waals surface area contributed by atoms with Gasteiger partial charge in [-0.3, -0.25) is 0 Å². The number of carbonyl (C=O) groups excluding carboxylic acids is 1. The zero-order valence-electron chi connectivity index (χ0n) is 15.6. The molecule has 0 unspecified atom stereocenters. The monoisotopic (exact) mass is 395 g/mol. The minimum atomic E-state index is -0.462. The van der Waals surface area contributed by atoms with E-state index in [9.17, 15) is 13.6 Å². The molecule has 0 bridgehead atoms. The summed E-state index contributed by atoms with van der Waals surface area (Å²) < 4.78 is 26.7. The van der Waals surface area contributed by atoms with E-state index in [-0.39, 0.29) is 17.5 Å². The molecule has 0 spiro atoms. The number of nitrogens with zero attached hydrogens (tertiary/aromatic N) is 4. The Balaban J connectivity index is 1.35. The second-order valence-electron chi connectivity index (χ2n) is 6.67. The lowest BCUT2D eigenvalue weighted by atomic mass is 10.1. The summed E-state index contributed by atoms with van der Waals surface area (Å²) in [6.45, 7) is 2.16. The largest absolute Gasteiger partial charge is 0.352 e. The molecule has 3 aromatic rings. The zero-order chi connectivity index (χ0) is 20.2. The SMILES string of the molecule is O=C(Nc1ccccc1F)N1CCN(c2ccc(-c3ccc(F)cc3)nn2)CC1. The van der Waals surface area contributed by atoms with Crippen molar-refractivity contribution in [2.75, 3.05) is 36.4 Å². The van der Waals surface area contributed by atoms with Gasteiger partial charge < -0.3 is 15.1 Å². The number of halogens is 2. The van der Waals surface area contributed by atoms with Gasteiger partial charge in [0.15, 0.2) is 5.82 Å². The van der Waals surface area contributed by atoms with Crippen LogP contribution in [0.25, 0.3) is 11.3 Å². The quantitative estimate of drug-likeness (QED) is 0.733. The van der Waals surface area contributed by atoms with E-state index in [4.69, 9.17) is 0 Å². The molecule has 8 heteroatoms. The van der Waals surface area contributed by atoms with Crippen LogP contribution >= 0.6 is 0 Å². The first kappa shape index (κ1) is 18.8. The van der Waals surface area contributed by atoms with Gasteiger partial charge in [0.05, 0.1) is 11.4 Å². The lowest BCUT2D eigenvalue weighted by molar-refractivity contribution is 0.208. The summed E-state index contributed by atoms with van der Waals surface area (Å²) in [6.07, 6.45) is 0. The second-order valence-corrected chi connectivity index (χ2v) is 6.67. The van der Waals surface area contributed by atoms with Crippen LogP contribution < -0.4 is 10.2 Å². The van der Waals surface area contributed by atoms with E-state index in [1.165, 1.54) is 24.3 Å². The van der Waals surface area contributed by atoms with Crippen LogP contribution in [0.2, 0.25) is 0 Å². The van der Waals surface area contributed by atoms with Gasteiger partial charge in [-0.1, -0.05) is 12.1 Å². The number of carbonyl (C=O) groups is 1. The first-order valence-corrected chi connectivity index (χ1v) is 9.25. The number of anilines is 2. The zero-order valence-corrected chi connectivity index (χ0v) is 15.6.